The average molecular weight is 1420 g/mol. The van der Waals surface area contributed by atoms with Gasteiger partial charge in [-0.2, -0.15) is 0 Å². The fourth-order valence-corrected chi connectivity index (χ4v) is 19.1. The highest BCUT2D eigenvalue weighted by atomic mass is 15.0. The van der Waals surface area contributed by atoms with Gasteiger partial charge in [-0.1, -0.05) is 313 Å². The topological polar surface area (TPSA) is 53.5 Å². The molecule has 2 aliphatic carbocycles. The molecule has 522 valence electrons. The van der Waals surface area contributed by atoms with Crippen LogP contribution < -0.4 is 0 Å². The summed E-state index contributed by atoms with van der Waals surface area (Å²) in [5, 5.41) is 13.8. The zero-order chi connectivity index (χ0) is 73.8. The first kappa shape index (κ1) is 64.1. The number of aromatic nitrogens is 6. The highest BCUT2D eigenvalue weighted by molar-refractivity contribution is 6.34. The van der Waals surface area contributed by atoms with Crippen LogP contribution in [0.5, 0.6) is 0 Å². The van der Waals surface area contributed by atoms with Crippen LogP contribution in [-0.4, -0.2) is 28.7 Å². The van der Waals surface area contributed by atoms with Gasteiger partial charge in [0.15, 0.2) is 17.5 Å². The van der Waals surface area contributed by atoms with Crippen LogP contribution >= 0.6 is 0 Å². The molecule has 2 aliphatic rings. The number of benzene rings is 16. The minimum Gasteiger partial charge on any atom is -0.309 e. The molecule has 0 N–H and O–H groups in total. The van der Waals surface area contributed by atoms with Crippen molar-refractivity contribution < 1.29 is 0 Å². The number of hydrogen-bond donors (Lipinski definition) is 0. The normalized spacial score (nSPS) is 13.2. The molecule has 0 saturated heterocycles. The summed E-state index contributed by atoms with van der Waals surface area (Å²) < 4.78 is 7.67. The van der Waals surface area contributed by atoms with Crippen LogP contribution in [-0.2, 0) is 10.8 Å². The predicted molar refractivity (Wildman–Crippen MR) is 464 cm³/mol. The summed E-state index contributed by atoms with van der Waals surface area (Å²) in [6.45, 7) is 9.61. The van der Waals surface area contributed by atoms with E-state index in [-0.39, 0.29) is 10.8 Å². The fraction of sp³-hybridized carbons (Fsp3) is 0.0571. The molecule has 20 aromatic rings. The fourth-order valence-electron chi connectivity index (χ4n) is 19.1. The van der Waals surface area contributed by atoms with Crippen molar-refractivity contribution in [2.24, 2.45) is 0 Å². The van der Waals surface area contributed by atoms with Crippen molar-refractivity contribution in [3.8, 4) is 95.7 Å². The van der Waals surface area contributed by atoms with Gasteiger partial charge in [-0.15, -0.1) is 0 Å². The second-order valence-electron chi connectivity index (χ2n) is 30.9. The van der Waals surface area contributed by atoms with Crippen LogP contribution in [0.3, 0.4) is 0 Å². The number of hydrogen-bond acceptors (Lipinski definition) is 3. The zero-order valence-corrected chi connectivity index (χ0v) is 61.8. The molecule has 0 amide bonds. The van der Waals surface area contributed by atoms with E-state index >= 15 is 0 Å². The smallest absolute Gasteiger partial charge is 0.164 e. The minimum absolute atomic E-state index is 0.230. The van der Waals surface area contributed by atoms with Crippen molar-refractivity contribution in [2.75, 3.05) is 0 Å². The minimum atomic E-state index is -0.356. The Hall–Kier alpha value is -14.1. The van der Waals surface area contributed by atoms with Crippen molar-refractivity contribution in [3.63, 3.8) is 0 Å². The molecule has 111 heavy (non-hydrogen) atoms. The summed E-state index contributed by atoms with van der Waals surface area (Å²) >= 11 is 0. The summed E-state index contributed by atoms with van der Waals surface area (Å²) in [5.41, 5.74) is 26.8. The lowest BCUT2D eigenvalue weighted by molar-refractivity contribution is 0.660. The summed E-state index contributed by atoms with van der Waals surface area (Å²) in [6.07, 6.45) is 0. The van der Waals surface area contributed by atoms with E-state index in [0.29, 0.717) is 17.5 Å². The molecular weight excluding hydrogens is 1350 g/mol. The largest absolute Gasteiger partial charge is 0.309 e. The zero-order valence-electron chi connectivity index (χ0n) is 61.8. The van der Waals surface area contributed by atoms with Gasteiger partial charge in [-0.25, -0.2) is 15.0 Å². The van der Waals surface area contributed by atoms with Crippen LogP contribution in [0.4, 0.5) is 0 Å². The number of fused-ring (bicyclic) bond motifs is 18. The molecule has 0 unspecified atom stereocenters. The van der Waals surface area contributed by atoms with E-state index in [4.69, 9.17) is 15.0 Å². The van der Waals surface area contributed by atoms with Gasteiger partial charge in [0.2, 0.25) is 0 Å². The van der Waals surface area contributed by atoms with Gasteiger partial charge in [0, 0.05) is 76.8 Å². The van der Waals surface area contributed by atoms with Crippen molar-refractivity contribution >= 4 is 97.7 Å². The van der Waals surface area contributed by atoms with Crippen molar-refractivity contribution in [1.82, 2.24) is 28.7 Å². The number of rotatable bonds is 8. The molecule has 0 atom stereocenters. The Morgan fingerprint density at radius 2 is 0.613 bits per heavy atom. The third kappa shape index (κ3) is 9.80. The first-order valence-electron chi connectivity index (χ1n) is 38.5. The van der Waals surface area contributed by atoms with Crippen LogP contribution in [0.25, 0.3) is 193 Å². The standard InChI is InChI=1S/C105H72N6/c1-104(2)87-48-22-18-42-82(87)98-88(104)49-28-52-94(98)111-90-51-24-20-41-76(90)78-44-27-45-79-83-62-69(65-29-9-5-10-30-65)53-57-91(83)109(89-50-23-19-40-75(89)77-43-26-46-80(96(77)97(78)79)84-63-70(54-58-92(84)111)66-31-11-6-12-32-66)73-55-59-93-85(64-73)99-95(60-56-81-74-39-17-21-47-86(74)105(3,4)100(81)99)110(93)72-38-25-37-71(61-72)103-107-101(67-33-13-7-14-34-67)106-102(108-103)68-35-15-8-16-36-68/h5-64H,1-4H3. The molecule has 0 radical (unpaired) electrons. The SMILES string of the molecule is CC1(C)c2ccccc2-c2c(-n3c4ccccc4c4cccc5c6cc(-c7ccccc7)ccc6n(-c6ccc7c(c6)c6c8c(ccc6n7-c6cccc(-c7nc(-c9ccccc9)nc(-c9ccccc9)n7)c6)-c6ccccc6C8(C)C)c6ccccc6c6cccc(c7cc(-c8ccccc8)ccc73)c6c54)cccc21. The van der Waals surface area contributed by atoms with Gasteiger partial charge in [-0.05, 0) is 172 Å². The third-order valence-corrected chi connectivity index (χ3v) is 24.1. The number of para-hydroxylation sites is 2. The van der Waals surface area contributed by atoms with Crippen molar-refractivity contribution in [1.29, 1.82) is 0 Å². The van der Waals surface area contributed by atoms with Crippen LogP contribution in [0.2, 0.25) is 0 Å². The second kappa shape index (κ2) is 24.7. The van der Waals surface area contributed by atoms with E-state index in [9.17, 15) is 0 Å². The van der Waals surface area contributed by atoms with Gasteiger partial charge in [0.05, 0.1) is 38.8 Å². The van der Waals surface area contributed by atoms with Crippen molar-refractivity contribution in [3.05, 3.63) is 386 Å². The first-order chi connectivity index (χ1) is 54.6. The van der Waals surface area contributed by atoms with Gasteiger partial charge in [-0.3, -0.25) is 0 Å². The molecular formula is C105H72N6. The van der Waals surface area contributed by atoms with E-state index in [1.807, 2.05) is 36.4 Å². The first-order valence-corrected chi connectivity index (χ1v) is 38.5. The predicted octanol–water partition coefficient (Wildman–Crippen LogP) is 27.3. The Morgan fingerprint density at radius 1 is 0.216 bits per heavy atom. The Morgan fingerprint density at radius 3 is 1.21 bits per heavy atom. The monoisotopic (exact) mass is 1420 g/mol. The summed E-state index contributed by atoms with van der Waals surface area (Å²) in [6, 6.07) is 135. The Labute approximate surface area is 642 Å². The summed E-state index contributed by atoms with van der Waals surface area (Å²) in [4.78, 5) is 15.6. The van der Waals surface area contributed by atoms with Gasteiger partial charge in [0.1, 0.15) is 0 Å². The van der Waals surface area contributed by atoms with E-state index in [0.717, 1.165) is 138 Å². The molecule has 0 fully saturated rings. The highest BCUT2D eigenvalue weighted by Crippen LogP contribution is 2.56. The second-order valence-corrected chi connectivity index (χ2v) is 30.9. The van der Waals surface area contributed by atoms with Crippen LogP contribution in [0.1, 0.15) is 49.9 Å². The molecule has 6 nitrogen and oxygen atoms in total. The lowest BCUT2D eigenvalue weighted by Gasteiger charge is -2.22. The molecule has 22 rings (SSSR count). The number of nitrogens with zero attached hydrogens (tertiary/aromatic N) is 6. The molecule has 0 aliphatic heterocycles. The van der Waals surface area contributed by atoms with E-state index in [1.54, 1.807) is 0 Å². The third-order valence-electron chi connectivity index (χ3n) is 24.1. The van der Waals surface area contributed by atoms with E-state index < -0.39 is 0 Å². The Kier molecular flexibility index (Phi) is 14.3. The molecule has 0 spiro atoms. The molecule has 0 saturated carbocycles. The molecule has 0 bridgehead atoms. The molecule has 6 heteroatoms. The lowest BCUT2D eigenvalue weighted by Crippen LogP contribution is -2.15. The van der Waals surface area contributed by atoms with Crippen molar-refractivity contribution in [2.45, 2.75) is 38.5 Å². The molecule has 4 heterocycles. The lowest BCUT2D eigenvalue weighted by atomic mass is 9.80. The van der Waals surface area contributed by atoms with E-state index in [1.165, 1.54) is 60.7 Å². The summed E-state index contributed by atoms with van der Waals surface area (Å²) in [7, 11) is 0. The molecule has 4 aromatic heterocycles. The van der Waals surface area contributed by atoms with Gasteiger partial charge >= 0.3 is 0 Å². The van der Waals surface area contributed by atoms with Gasteiger partial charge in [0.25, 0.3) is 0 Å². The maximum absolute atomic E-state index is 5.26. The van der Waals surface area contributed by atoms with E-state index in [2.05, 4.69) is 369 Å². The quantitative estimate of drug-likeness (QED) is 0.152. The Bertz CT molecular complexity index is 7370. The van der Waals surface area contributed by atoms with Crippen LogP contribution in [0, 0.1) is 0 Å². The van der Waals surface area contributed by atoms with Crippen LogP contribution in [0.15, 0.2) is 364 Å². The Balaban J connectivity index is 0.888. The molecule has 16 aromatic carbocycles. The highest BCUT2D eigenvalue weighted by Gasteiger charge is 2.40. The summed E-state index contributed by atoms with van der Waals surface area (Å²) in [5.74, 6) is 1.84. The maximum atomic E-state index is 5.26. The average Bonchev–Trinajstić information content (AvgIpc) is 1.54. The maximum Gasteiger partial charge on any atom is 0.164 e. The van der Waals surface area contributed by atoms with Gasteiger partial charge < -0.3 is 13.7 Å².